The van der Waals surface area contributed by atoms with E-state index in [0.29, 0.717) is 5.03 Å². The molecule has 10 nitrogen and oxygen atoms in total. The number of H-pyrrole nitrogens is 1. The van der Waals surface area contributed by atoms with Gasteiger partial charge in [0.25, 0.3) is 5.69 Å². The zero-order valence-corrected chi connectivity index (χ0v) is 18.2. The predicted octanol–water partition coefficient (Wildman–Crippen LogP) is 1.27. The van der Waals surface area contributed by atoms with Gasteiger partial charge in [-0.2, -0.15) is 8.42 Å². The zero-order valence-electron chi connectivity index (χ0n) is 16.5. The van der Waals surface area contributed by atoms with Gasteiger partial charge in [0.2, 0.25) is 0 Å². The standard InChI is InChI=1S/C18H18N4O6S2/c1-9-5-7-10(8-6-9)30(25,26)22-15-12(16(21-22)29-4)13(19)11(17(23)27-2)14(20-15)18(24)28-3/h5-8H,1-4H3,(H2,19,20,21,23)/p+1. The first-order valence-electron chi connectivity index (χ1n) is 8.47. The van der Waals surface area contributed by atoms with Crippen LogP contribution in [-0.4, -0.2) is 50.9 Å². The molecule has 30 heavy (non-hydrogen) atoms. The summed E-state index contributed by atoms with van der Waals surface area (Å²) in [6.07, 6.45) is 1.69. The fourth-order valence-electron chi connectivity index (χ4n) is 2.85. The maximum Gasteiger partial charge on any atom is 0.383 e. The van der Waals surface area contributed by atoms with Crippen molar-refractivity contribution in [3.05, 3.63) is 41.1 Å². The number of esters is 2. The maximum absolute atomic E-state index is 13.3. The van der Waals surface area contributed by atoms with E-state index in [1.54, 1.807) is 18.4 Å². The van der Waals surface area contributed by atoms with Crippen LogP contribution in [0, 0.1) is 6.92 Å². The van der Waals surface area contributed by atoms with E-state index >= 15 is 0 Å². The van der Waals surface area contributed by atoms with Crippen molar-refractivity contribution in [3.63, 3.8) is 0 Å². The predicted molar refractivity (Wildman–Crippen MR) is 109 cm³/mol. The maximum atomic E-state index is 13.3. The fraction of sp³-hybridized carbons (Fsp3) is 0.222. The molecule has 0 saturated heterocycles. The van der Waals surface area contributed by atoms with Crippen LogP contribution in [-0.2, 0) is 19.5 Å². The molecule has 3 aromatic rings. The number of anilines is 1. The third kappa shape index (κ3) is 3.37. The lowest BCUT2D eigenvalue weighted by atomic mass is 10.1. The minimum absolute atomic E-state index is 0.00550. The Morgan fingerprint density at radius 3 is 2.27 bits per heavy atom. The number of hydrogen-bond donors (Lipinski definition) is 2. The van der Waals surface area contributed by atoms with Crippen LogP contribution in [0.1, 0.15) is 26.4 Å². The van der Waals surface area contributed by atoms with E-state index in [-0.39, 0.29) is 27.2 Å². The summed E-state index contributed by atoms with van der Waals surface area (Å²) in [5, 5.41) is 3.26. The zero-order chi connectivity index (χ0) is 22.2. The number of nitrogens with one attached hydrogen (secondary N) is 1. The van der Waals surface area contributed by atoms with Gasteiger partial charge in [-0.1, -0.05) is 17.7 Å². The molecule has 0 aliphatic rings. The smallest absolute Gasteiger partial charge is 0.383 e. The normalized spacial score (nSPS) is 11.5. The monoisotopic (exact) mass is 451 g/mol. The molecule has 12 heteroatoms. The van der Waals surface area contributed by atoms with Crippen LogP contribution in [0.2, 0.25) is 0 Å². The lowest BCUT2D eigenvalue weighted by Gasteiger charge is -2.06. The SMILES string of the molecule is COC(=O)c1nc2c(c(SC)[nH][n+]2S(=O)(=O)c2ccc(C)cc2)c(N)c1C(=O)OC. The molecule has 158 valence electrons. The van der Waals surface area contributed by atoms with E-state index in [4.69, 9.17) is 15.2 Å². The molecule has 0 atom stereocenters. The number of aromatic amines is 1. The minimum atomic E-state index is -4.11. The largest absolute Gasteiger partial charge is 0.465 e. The van der Waals surface area contributed by atoms with Gasteiger partial charge in [0, 0.05) is 0 Å². The van der Waals surface area contributed by atoms with Crippen LogP contribution >= 0.6 is 11.8 Å². The highest BCUT2D eigenvalue weighted by Gasteiger charge is 2.38. The topological polar surface area (TPSA) is 145 Å². The highest BCUT2D eigenvalue weighted by Crippen LogP contribution is 2.32. The Labute approximate surface area is 176 Å². The molecule has 0 spiro atoms. The number of pyridine rings is 1. The minimum Gasteiger partial charge on any atom is -0.465 e. The molecular weight excluding hydrogens is 432 g/mol. The van der Waals surface area contributed by atoms with Crippen molar-refractivity contribution in [3.8, 4) is 0 Å². The van der Waals surface area contributed by atoms with Gasteiger partial charge in [-0.05, 0) is 34.4 Å². The van der Waals surface area contributed by atoms with Crippen molar-refractivity contribution in [2.75, 3.05) is 26.2 Å². The summed E-state index contributed by atoms with van der Waals surface area (Å²) in [6, 6.07) is 6.23. The van der Waals surface area contributed by atoms with Crippen molar-refractivity contribution in [2.24, 2.45) is 0 Å². The summed E-state index contributed by atoms with van der Waals surface area (Å²) in [5.41, 5.74) is 6.03. The number of carbonyl (C=O) groups excluding carboxylic acids is 2. The lowest BCUT2D eigenvalue weighted by molar-refractivity contribution is -0.553. The number of ether oxygens (including phenoxy) is 2. The van der Waals surface area contributed by atoms with Crippen LogP contribution in [0.15, 0.2) is 34.2 Å². The summed E-state index contributed by atoms with van der Waals surface area (Å²) >= 11 is 1.17. The Balaban J connectivity index is 2.43. The number of nitrogens with two attached hydrogens (primary N) is 1. The summed E-state index contributed by atoms with van der Waals surface area (Å²) in [5.74, 6) is -1.86. The first-order valence-corrected chi connectivity index (χ1v) is 11.1. The van der Waals surface area contributed by atoms with Crippen LogP contribution in [0.25, 0.3) is 11.0 Å². The highest BCUT2D eigenvalue weighted by molar-refractivity contribution is 7.98. The Morgan fingerprint density at radius 1 is 1.13 bits per heavy atom. The van der Waals surface area contributed by atoms with Crippen molar-refractivity contribution in [1.82, 2.24) is 10.1 Å². The van der Waals surface area contributed by atoms with E-state index in [9.17, 15) is 18.0 Å². The molecule has 0 unspecified atom stereocenters. The Bertz CT molecular complexity index is 1270. The number of rotatable bonds is 5. The van der Waals surface area contributed by atoms with Crippen molar-refractivity contribution < 1.29 is 31.6 Å². The quantitative estimate of drug-likeness (QED) is 0.333. The average Bonchev–Trinajstić information content (AvgIpc) is 3.12. The van der Waals surface area contributed by atoms with E-state index in [1.807, 2.05) is 6.92 Å². The van der Waals surface area contributed by atoms with Gasteiger partial charge in [0.15, 0.2) is 0 Å². The summed E-state index contributed by atoms with van der Waals surface area (Å²) in [6.45, 7) is 1.83. The van der Waals surface area contributed by atoms with Crippen LogP contribution in [0.4, 0.5) is 5.69 Å². The Morgan fingerprint density at radius 2 is 1.73 bits per heavy atom. The number of fused-ring (bicyclic) bond motifs is 1. The molecule has 3 N–H and O–H groups in total. The number of hydrogen-bond acceptors (Lipinski definition) is 9. The Kier molecular flexibility index (Phi) is 5.72. The molecular formula is C18H19N4O6S2+. The van der Waals surface area contributed by atoms with Crippen LogP contribution in [0.5, 0.6) is 0 Å². The number of benzene rings is 1. The molecule has 3 rings (SSSR count). The van der Waals surface area contributed by atoms with E-state index in [1.165, 1.54) is 23.9 Å². The highest BCUT2D eigenvalue weighted by atomic mass is 32.2. The number of aromatic nitrogens is 3. The van der Waals surface area contributed by atoms with Gasteiger partial charge in [-0.15, -0.1) is 11.8 Å². The third-order valence-corrected chi connectivity index (χ3v) is 6.69. The second-order valence-electron chi connectivity index (χ2n) is 6.16. The molecule has 0 saturated carbocycles. The van der Waals surface area contributed by atoms with Crippen molar-refractivity contribution >= 4 is 50.4 Å². The van der Waals surface area contributed by atoms with E-state index < -0.39 is 27.7 Å². The number of methoxy groups -OCH3 is 2. The first-order chi connectivity index (χ1) is 14.2. The van der Waals surface area contributed by atoms with Crippen molar-refractivity contribution in [1.29, 1.82) is 0 Å². The van der Waals surface area contributed by atoms with Gasteiger partial charge in [0.1, 0.15) is 20.9 Å². The molecule has 2 aromatic heterocycles. The van der Waals surface area contributed by atoms with Crippen molar-refractivity contribution in [2.45, 2.75) is 16.8 Å². The molecule has 0 bridgehead atoms. The van der Waals surface area contributed by atoms with Crippen LogP contribution < -0.4 is 9.82 Å². The molecule has 0 aliphatic carbocycles. The fourth-order valence-corrected chi connectivity index (χ4v) is 4.76. The lowest BCUT2D eigenvalue weighted by Crippen LogP contribution is -2.45. The number of aryl methyl sites for hydroxylation is 1. The number of nitrogen functional groups attached to an aromatic ring is 1. The molecule has 2 heterocycles. The number of carbonyl (C=O) groups is 2. The van der Waals surface area contributed by atoms with Gasteiger partial charge in [0.05, 0.1) is 19.9 Å². The van der Waals surface area contributed by atoms with Gasteiger partial charge in [-0.3, -0.25) is 0 Å². The second-order valence-corrected chi connectivity index (χ2v) is 8.76. The molecule has 1 aromatic carbocycles. The van der Waals surface area contributed by atoms with Gasteiger partial charge >= 0.3 is 27.6 Å². The number of thioether (sulfide) groups is 1. The summed E-state index contributed by atoms with van der Waals surface area (Å²) < 4.78 is 36.8. The molecule has 0 amide bonds. The third-order valence-electron chi connectivity index (χ3n) is 4.37. The number of nitrogens with zero attached hydrogens (tertiary/aromatic N) is 2. The Hall–Kier alpha value is -3.12. The second kappa shape index (κ2) is 7.95. The molecule has 0 radical (unpaired) electrons. The average molecular weight is 452 g/mol. The summed E-state index contributed by atoms with van der Waals surface area (Å²) in [4.78, 5) is 28.7. The molecule has 0 fully saturated rings. The van der Waals surface area contributed by atoms with Crippen LogP contribution in [0.3, 0.4) is 0 Å². The first kappa shape index (κ1) is 21.6. The van der Waals surface area contributed by atoms with E-state index in [2.05, 4.69) is 10.1 Å². The van der Waals surface area contributed by atoms with E-state index in [0.717, 1.165) is 23.9 Å². The summed E-state index contributed by atoms with van der Waals surface area (Å²) in [7, 11) is -1.88. The van der Waals surface area contributed by atoms with Gasteiger partial charge < -0.3 is 15.2 Å². The van der Waals surface area contributed by atoms with Gasteiger partial charge in [-0.25, -0.2) is 14.7 Å². The molecule has 0 aliphatic heterocycles.